The molecule has 2 atom stereocenters. The largest absolute Gasteiger partial charge is 0.379 e. The number of carbonyl (C=O) groups excluding carboxylic acids is 1. The molecule has 1 aromatic heterocycles. The lowest BCUT2D eigenvalue weighted by Gasteiger charge is -2.34. The maximum absolute atomic E-state index is 12.8. The number of hydrogen-bond acceptors (Lipinski definition) is 4. The summed E-state index contributed by atoms with van der Waals surface area (Å²) in [5.74, 6) is 1.81. The SMILES string of the molecule is CC[C@@H]1CN(C(=O)c2cnc(C(C)C)[nH]2)C[C@H]1N1CCOCC1. The van der Waals surface area contributed by atoms with Crippen molar-refractivity contribution in [3.05, 3.63) is 17.7 Å². The van der Waals surface area contributed by atoms with E-state index < -0.39 is 0 Å². The van der Waals surface area contributed by atoms with Crippen molar-refractivity contribution in [2.45, 2.75) is 39.2 Å². The maximum Gasteiger partial charge on any atom is 0.271 e. The van der Waals surface area contributed by atoms with Crippen molar-refractivity contribution in [2.75, 3.05) is 39.4 Å². The Balaban J connectivity index is 1.69. The summed E-state index contributed by atoms with van der Waals surface area (Å²) in [6, 6.07) is 0.459. The van der Waals surface area contributed by atoms with E-state index in [9.17, 15) is 4.79 Å². The molecule has 23 heavy (non-hydrogen) atoms. The molecular formula is C17H28N4O2. The van der Waals surface area contributed by atoms with Gasteiger partial charge in [-0.3, -0.25) is 9.69 Å². The van der Waals surface area contributed by atoms with Gasteiger partial charge in [0.25, 0.3) is 5.91 Å². The smallest absolute Gasteiger partial charge is 0.271 e. The highest BCUT2D eigenvalue weighted by Crippen LogP contribution is 2.26. The van der Waals surface area contributed by atoms with Gasteiger partial charge in [-0.15, -0.1) is 0 Å². The van der Waals surface area contributed by atoms with Gasteiger partial charge in [0.1, 0.15) is 11.5 Å². The first kappa shape index (κ1) is 16.5. The maximum atomic E-state index is 12.8. The molecular weight excluding hydrogens is 292 g/mol. The zero-order chi connectivity index (χ0) is 16.4. The Labute approximate surface area is 138 Å². The van der Waals surface area contributed by atoms with Crippen LogP contribution in [0.25, 0.3) is 0 Å². The number of nitrogens with zero attached hydrogens (tertiary/aromatic N) is 3. The van der Waals surface area contributed by atoms with E-state index in [2.05, 4.69) is 35.6 Å². The van der Waals surface area contributed by atoms with Gasteiger partial charge in [-0.2, -0.15) is 0 Å². The topological polar surface area (TPSA) is 61.5 Å². The van der Waals surface area contributed by atoms with Gasteiger partial charge in [0.15, 0.2) is 0 Å². The number of nitrogens with one attached hydrogen (secondary N) is 1. The van der Waals surface area contributed by atoms with Crippen LogP contribution in [0.2, 0.25) is 0 Å². The molecule has 2 aliphatic heterocycles. The Morgan fingerprint density at radius 2 is 2.13 bits per heavy atom. The van der Waals surface area contributed by atoms with Crippen molar-refractivity contribution in [1.82, 2.24) is 19.8 Å². The average Bonchev–Trinajstić information content (AvgIpc) is 3.22. The molecule has 1 aromatic rings. The van der Waals surface area contributed by atoms with Gasteiger partial charge in [0.2, 0.25) is 0 Å². The number of imidazole rings is 1. The summed E-state index contributed by atoms with van der Waals surface area (Å²) in [5, 5.41) is 0. The second-order valence-electron chi connectivity index (χ2n) is 6.93. The quantitative estimate of drug-likeness (QED) is 0.917. The minimum atomic E-state index is 0.0820. The summed E-state index contributed by atoms with van der Waals surface area (Å²) in [6.45, 7) is 11.6. The van der Waals surface area contributed by atoms with Gasteiger partial charge >= 0.3 is 0 Å². The third-order valence-electron chi connectivity index (χ3n) is 5.11. The number of aromatic nitrogens is 2. The molecule has 3 rings (SSSR count). The van der Waals surface area contributed by atoms with Crippen molar-refractivity contribution in [3.63, 3.8) is 0 Å². The number of aromatic amines is 1. The number of H-pyrrole nitrogens is 1. The van der Waals surface area contributed by atoms with Crippen LogP contribution in [-0.2, 0) is 4.74 Å². The lowest BCUT2D eigenvalue weighted by molar-refractivity contribution is 0.0102. The van der Waals surface area contributed by atoms with Crippen LogP contribution in [0.3, 0.4) is 0 Å². The average molecular weight is 320 g/mol. The van der Waals surface area contributed by atoms with Crippen LogP contribution in [-0.4, -0.2) is 71.1 Å². The van der Waals surface area contributed by atoms with E-state index in [1.54, 1.807) is 6.20 Å². The van der Waals surface area contributed by atoms with Crippen molar-refractivity contribution in [2.24, 2.45) is 5.92 Å². The van der Waals surface area contributed by atoms with Crippen LogP contribution in [0.4, 0.5) is 0 Å². The molecule has 0 aromatic carbocycles. The third-order valence-corrected chi connectivity index (χ3v) is 5.11. The van der Waals surface area contributed by atoms with Crippen LogP contribution < -0.4 is 0 Å². The zero-order valence-corrected chi connectivity index (χ0v) is 14.4. The van der Waals surface area contributed by atoms with E-state index in [1.807, 2.05) is 4.90 Å². The summed E-state index contributed by atoms with van der Waals surface area (Å²) in [5.41, 5.74) is 0.617. The van der Waals surface area contributed by atoms with Crippen LogP contribution >= 0.6 is 0 Å². The van der Waals surface area contributed by atoms with Gasteiger partial charge in [-0.1, -0.05) is 27.2 Å². The Kier molecular flexibility index (Phi) is 5.02. The Morgan fingerprint density at radius 3 is 2.74 bits per heavy atom. The molecule has 2 fully saturated rings. The molecule has 6 heteroatoms. The van der Waals surface area contributed by atoms with E-state index in [0.717, 1.165) is 51.6 Å². The van der Waals surface area contributed by atoms with Crippen molar-refractivity contribution >= 4 is 5.91 Å². The number of likely N-dealkylation sites (tertiary alicyclic amines) is 1. The van der Waals surface area contributed by atoms with Gasteiger partial charge in [-0.05, 0) is 5.92 Å². The molecule has 0 radical (unpaired) electrons. The molecule has 3 heterocycles. The standard InChI is InChI=1S/C17H28N4O2/c1-4-13-10-21(11-15(13)20-5-7-23-8-6-20)17(22)14-9-18-16(19-14)12(2)3/h9,12-13,15H,4-8,10-11H2,1-3H3,(H,18,19)/t13-,15-/m1/s1. The first-order valence-electron chi connectivity index (χ1n) is 8.76. The van der Waals surface area contributed by atoms with E-state index >= 15 is 0 Å². The second kappa shape index (κ2) is 7.01. The molecule has 1 amide bonds. The minimum Gasteiger partial charge on any atom is -0.379 e. The zero-order valence-electron chi connectivity index (χ0n) is 14.4. The fourth-order valence-electron chi connectivity index (χ4n) is 3.65. The van der Waals surface area contributed by atoms with Crippen molar-refractivity contribution in [1.29, 1.82) is 0 Å². The Morgan fingerprint density at radius 1 is 1.39 bits per heavy atom. The number of hydrogen-bond donors (Lipinski definition) is 1. The summed E-state index contributed by atoms with van der Waals surface area (Å²) in [7, 11) is 0. The lowest BCUT2D eigenvalue weighted by Crippen LogP contribution is -2.47. The fraction of sp³-hybridized carbons (Fsp3) is 0.765. The first-order chi connectivity index (χ1) is 11.1. The molecule has 2 saturated heterocycles. The highest BCUT2D eigenvalue weighted by molar-refractivity contribution is 5.92. The van der Waals surface area contributed by atoms with Crippen LogP contribution in [0.1, 0.15) is 49.4 Å². The highest BCUT2D eigenvalue weighted by Gasteiger charge is 2.38. The number of carbonyl (C=O) groups is 1. The number of morpholine rings is 1. The number of ether oxygens (including phenoxy) is 1. The van der Waals surface area contributed by atoms with Gasteiger partial charge in [-0.25, -0.2) is 4.98 Å². The van der Waals surface area contributed by atoms with Crippen molar-refractivity contribution in [3.8, 4) is 0 Å². The van der Waals surface area contributed by atoms with Crippen molar-refractivity contribution < 1.29 is 9.53 Å². The molecule has 128 valence electrons. The monoisotopic (exact) mass is 320 g/mol. The molecule has 0 unspecified atom stereocenters. The van der Waals surface area contributed by atoms with Crippen LogP contribution in [0.5, 0.6) is 0 Å². The summed E-state index contributed by atoms with van der Waals surface area (Å²) >= 11 is 0. The normalized spacial score (nSPS) is 26.2. The van der Waals surface area contributed by atoms with E-state index in [-0.39, 0.29) is 5.91 Å². The molecule has 1 N–H and O–H groups in total. The van der Waals surface area contributed by atoms with E-state index in [0.29, 0.717) is 23.6 Å². The molecule has 0 aliphatic carbocycles. The van der Waals surface area contributed by atoms with Gasteiger partial charge in [0.05, 0.1) is 19.4 Å². The molecule has 0 spiro atoms. The Bertz CT molecular complexity index is 536. The van der Waals surface area contributed by atoms with Crippen LogP contribution in [0.15, 0.2) is 6.20 Å². The summed E-state index contributed by atoms with van der Waals surface area (Å²) < 4.78 is 5.46. The number of rotatable bonds is 4. The summed E-state index contributed by atoms with van der Waals surface area (Å²) in [6.07, 6.45) is 2.78. The first-order valence-corrected chi connectivity index (χ1v) is 8.76. The Hall–Kier alpha value is -1.40. The predicted octanol–water partition coefficient (Wildman–Crippen LogP) is 1.72. The van der Waals surface area contributed by atoms with Gasteiger partial charge in [0, 0.05) is 38.1 Å². The third kappa shape index (κ3) is 3.43. The van der Waals surface area contributed by atoms with Gasteiger partial charge < -0.3 is 14.6 Å². The second-order valence-corrected chi connectivity index (χ2v) is 6.93. The molecule has 6 nitrogen and oxygen atoms in total. The number of amides is 1. The molecule has 0 saturated carbocycles. The molecule has 0 bridgehead atoms. The lowest BCUT2D eigenvalue weighted by atomic mass is 9.99. The highest BCUT2D eigenvalue weighted by atomic mass is 16.5. The van der Waals surface area contributed by atoms with E-state index in [4.69, 9.17) is 4.74 Å². The minimum absolute atomic E-state index is 0.0820. The molecule has 2 aliphatic rings. The van der Waals surface area contributed by atoms with E-state index in [1.165, 1.54) is 0 Å². The van der Waals surface area contributed by atoms with Crippen LogP contribution in [0, 0.1) is 5.92 Å². The summed E-state index contributed by atoms with van der Waals surface area (Å²) in [4.78, 5) is 24.8. The predicted molar refractivity (Wildman–Crippen MR) is 88.5 cm³/mol. The fourth-order valence-corrected chi connectivity index (χ4v) is 3.65.